The van der Waals surface area contributed by atoms with E-state index in [1.54, 1.807) is 24.3 Å². The monoisotopic (exact) mass is 306 g/mol. The molecule has 0 spiro atoms. The maximum absolute atomic E-state index is 11.8. The van der Waals surface area contributed by atoms with E-state index in [1.807, 2.05) is 0 Å². The SMILES string of the molecule is FC(F)(F)COCCOc1ccccc1C#CCCCl. The second-order valence-corrected chi connectivity index (χ2v) is 4.13. The largest absolute Gasteiger partial charge is 0.490 e. The van der Waals surface area contributed by atoms with Crippen LogP contribution in [0.1, 0.15) is 12.0 Å². The molecule has 1 aromatic rings. The molecule has 0 saturated carbocycles. The lowest BCUT2D eigenvalue weighted by Gasteiger charge is -2.10. The van der Waals surface area contributed by atoms with Crippen LogP contribution in [-0.2, 0) is 4.74 Å². The van der Waals surface area contributed by atoms with Gasteiger partial charge in [-0.05, 0) is 12.1 Å². The van der Waals surface area contributed by atoms with Crippen LogP contribution in [-0.4, -0.2) is 31.9 Å². The van der Waals surface area contributed by atoms with E-state index in [4.69, 9.17) is 16.3 Å². The minimum Gasteiger partial charge on any atom is -0.490 e. The first-order chi connectivity index (χ1) is 9.53. The lowest BCUT2D eigenvalue weighted by molar-refractivity contribution is -0.175. The fourth-order valence-electron chi connectivity index (χ4n) is 1.30. The predicted molar refractivity (Wildman–Crippen MR) is 71.0 cm³/mol. The maximum atomic E-state index is 11.8. The molecule has 0 aliphatic heterocycles. The molecule has 1 rings (SSSR count). The van der Waals surface area contributed by atoms with Gasteiger partial charge in [0.2, 0.25) is 0 Å². The lowest BCUT2D eigenvalue weighted by atomic mass is 10.2. The number of alkyl halides is 4. The summed E-state index contributed by atoms with van der Waals surface area (Å²) in [5.41, 5.74) is 0.674. The molecule has 6 heteroatoms. The van der Waals surface area contributed by atoms with Crippen molar-refractivity contribution in [2.24, 2.45) is 0 Å². The van der Waals surface area contributed by atoms with Gasteiger partial charge in [0.1, 0.15) is 19.0 Å². The van der Waals surface area contributed by atoms with E-state index >= 15 is 0 Å². The zero-order valence-electron chi connectivity index (χ0n) is 10.7. The van der Waals surface area contributed by atoms with Crippen molar-refractivity contribution < 1.29 is 22.6 Å². The zero-order valence-corrected chi connectivity index (χ0v) is 11.4. The third-order valence-corrected chi connectivity index (χ3v) is 2.27. The van der Waals surface area contributed by atoms with Gasteiger partial charge in [0.15, 0.2) is 0 Å². The van der Waals surface area contributed by atoms with E-state index in [1.165, 1.54) is 0 Å². The highest BCUT2D eigenvalue weighted by molar-refractivity contribution is 6.18. The molecule has 0 heterocycles. The Balaban J connectivity index is 2.42. The maximum Gasteiger partial charge on any atom is 0.411 e. The van der Waals surface area contributed by atoms with Crippen LogP contribution in [0.15, 0.2) is 24.3 Å². The molecule has 1 aromatic carbocycles. The molecule has 0 aliphatic carbocycles. The van der Waals surface area contributed by atoms with E-state index in [-0.39, 0.29) is 13.2 Å². The number of rotatable bonds is 6. The number of para-hydroxylation sites is 1. The van der Waals surface area contributed by atoms with Crippen molar-refractivity contribution in [1.82, 2.24) is 0 Å². The average molecular weight is 307 g/mol. The van der Waals surface area contributed by atoms with Gasteiger partial charge in [-0.25, -0.2) is 0 Å². The van der Waals surface area contributed by atoms with Gasteiger partial charge in [0.25, 0.3) is 0 Å². The Hall–Kier alpha value is -1.38. The third kappa shape index (κ3) is 7.27. The minimum absolute atomic E-state index is 0.0320. The summed E-state index contributed by atoms with van der Waals surface area (Å²) < 4.78 is 45.4. The fraction of sp³-hybridized carbons (Fsp3) is 0.429. The van der Waals surface area contributed by atoms with Crippen molar-refractivity contribution in [2.45, 2.75) is 12.6 Å². The first-order valence-electron chi connectivity index (χ1n) is 5.94. The van der Waals surface area contributed by atoms with Crippen LogP contribution in [0.3, 0.4) is 0 Å². The molecule has 110 valence electrons. The second kappa shape index (κ2) is 8.72. The topological polar surface area (TPSA) is 18.5 Å². The highest BCUT2D eigenvalue weighted by atomic mass is 35.5. The van der Waals surface area contributed by atoms with Crippen LogP contribution in [0.4, 0.5) is 13.2 Å². The summed E-state index contributed by atoms with van der Waals surface area (Å²) in [6.45, 7) is -1.37. The summed E-state index contributed by atoms with van der Waals surface area (Å²) in [7, 11) is 0. The van der Waals surface area contributed by atoms with Crippen molar-refractivity contribution in [2.75, 3.05) is 25.7 Å². The Morgan fingerprint density at radius 1 is 1.15 bits per heavy atom. The molecule has 0 aromatic heterocycles. The van der Waals surface area contributed by atoms with E-state index < -0.39 is 12.8 Å². The molecule has 0 amide bonds. The molecular weight excluding hydrogens is 293 g/mol. The van der Waals surface area contributed by atoms with E-state index in [9.17, 15) is 13.2 Å². The zero-order chi connectivity index (χ0) is 14.8. The van der Waals surface area contributed by atoms with Crippen molar-refractivity contribution in [1.29, 1.82) is 0 Å². The van der Waals surface area contributed by atoms with Gasteiger partial charge in [-0.15, -0.1) is 11.6 Å². The number of benzene rings is 1. The summed E-state index contributed by atoms with van der Waals surface area (Å²) in [5.74, 6) is 6.73. The Kier molecular flexibility index (Phi) is 7.27. The normalized spacial score (nSPS) is 10.8. The van der Waals surface area contributed by atoms with E-state index in [2.05, 4.69) is 16.6 Å². The number of ether oxygens (including phenoxy) is 2. The van der Waals surface area contributed by atoms with E-state index in [0.29, 0.717) is 23.6 Å². The predicted octanol–water partition coefficient (Wildman–Crippen LogP) is 3.62. The van der Waals surface area contributed by atoms with Crippen LogP contribution >= 0.6 is 11.6 Å². The molecule has 0 N–H and O–H groups in total. The van der Waals surface area contributed by atoms with Gasteiger partial charge >= 0.3 is 6.18 Å². The van der Waals surface area contributed by atoms with Crippen molar-refractivity contribution in [3.8, 4) is 17.6 Å². The van der Waals surface area contributed by atoms with Crippen molar-refractivity contribution in [3.63, 3.8) is 0 Å². The number of halogens is 4. The number of hydrogen-bond acceptors (Lipinski definition) is 2. The smallest absolute Gasteiger partial charge is 0.411 e. The third-order valence-electron chi connectivity index (χ3n) is 2.08. The summed E-state index contributed by atoms with van der Waals surface area (Å²) >= 11 is 5.52. The number of hydrogen-bond donors (Lipinski definition) is 0. The summed E-state index contributed by atoms with van der Waals surface area (Å²) in [6.07, 6.45) is -3.75. The van der Waals surface area contributed by atoms with Gasteiger partial charge < -0.3 is 9.47 Å². The average Bonchev–Trinajstić information content (AvgIpc) is 2.39. The second-order valence-electron chi connectivity index (χ2n) is 3.75. The van der Waals surface area contributed by atoms with Gasteiger partial charge in [-0.3, -0.25) is 0 Å². The highest BCUT2D eigenvalue weighted by Gasteiger charge is 2.27. The van der Waals surface area contributed by atoms with Crippen LogP contribution in [0.25, 0.3) is 0 Å². The molecule has 0 atom stereocenters. The Bertz CT molecular complexity index is 463. The molecule has 0 radical (unpaired) electrons. The Labute approximate surface area is 120 Å². The summed E-state index contributed by atoms with van der Waals surface area (Å²) in [6, 6.07) is 7.04. The summed E-state index contributed by atoms with van der Waals surface area (Å²) in [4.78, 5) is 0. The highest BCUT2D eigenvalue weighted by Crippen LogP contribution is 2.17. The molecule has 0 bridgehead atoms. The van der Waals surface area contributed by atoms with Gasteiger partial charge in [0.05, 0.1) is 12.2 Å². The lowest BCUT2D eigenvalue weighted by Crippen LogP contribution is -2.19. The van der Waals surface area contributed by atoms with Crippen molar-refractivity contribution >= 4 is 11.6 Å². The van der Waals surface area contributed by atoms with Gasteiger partial charge in [-0.1, -0.05) is 24.0 Å². The quantitative estimate of drug-likeness (QED) is 0.454. The first-order valence-corrected chi connectivity index (χ1v) is 6.47. The molecule has 0 unspecified atom stereocenters. The van der Waals surface area contributed by atoms with Gasteiger partial charge in [-0.2, -0.15) is 13.2 Å². The standard InChI is InChI=1S/C14H14ClF3O2/c15-8-4-3-6-12-5-1-2-7-13(12)20-10-9-19-11-14(16,17)18/h1-2,5,7H,4,8-11H2. The van der Waals surface area contributed by atoms with E-state index in [0.717, 1.165) is 0 Å². The molecule has 20 heavy (non-hydrogen) atoms. The van der Waals surface area contributed by atoms with Crippen LogP contribution in [0.5, 0.6) is 5.75 Å². The van der Waals surface area contributed by atoms with Crippen molar-refractivity contribution in [3.05, 3.63) is 29.8 Å². The first kappa shape index (κ1) is 16.7. The van der Waals surface area contributed by atoms with Crippen LogP contribution in [0, 0.1) is 11.8 Å². The fourth-order valence-corrected chi connectivity index (χ4v) is 1.39. The minimum atomic E-state index is -4.31. The Morgan fingerprint density at radius 2 is 1.90 bits per heavy atom. The molecule has 0 saturated heterocycles. The summed E-state index contributed by atoms with van der Waals surface area (Å²) in [5, 5.41) is 0. The van der Waals surface area contributed by atoms with Gasteiger partial charge in [0, 0.05) is 12.3 Å². The molecule has 2 nitrogen and oxygen atoms in total. The molecular formula is C14H14ClF3O2. The Morgan fingerprint density at radius 3 is 2.60 bits per heavy atom. The van der Waals surface area contributed by atoms with Crippen LogP contribution in [0.2, 0.25) is 0 Å². The molecule has 0 fully saturated rings. The molecule has 0 aliphatic rings. The van der Waals surface area contributed by atoms with Crippen LogP contribution < -0.4 is 4.74 Å².